The quantitative estimate of drug-likeness (QED) is 0.589. The molecule has 0 bridgehead atoms. The smallest absolute Gasteiger partial charge is 0.208 e. The molecule has 0 saturated carbocycles. The van der Waals surface area contributed by atoms with Crippen molar-refractivity contribution in [2.75, 3.05) is 31.6 Å². The number of hydrogen-bond acceptors (Lipinski definition) is 2. The van der Waals surface area contributed by atoms with Crippen LogP contribution in [0.3, 0.4) is 0 Å². The molecular formula is C14H21N2O+. The van der Waals surface area contributed by atoms with E-state index in [1.165, 1.54) is 11.3 Å². The Morgan fingerprint density at radius 3 is 2.88 bits per heavy atom. The van der Waals surface area contributed by atoms with Gasteiger partial charge in [-0.05, 0) is 18.9 Å². The predicted molar refractivity (Wildman–Crippen MR) is 72.1 cm³/mol. The van der Waals surface area contributed by atoms with Crippen molar-refractivity contribution in [3.05, 3.63) is 17.7 Å². The summed E-state index contributed by atoms with van der Waals surface area (Å²) in [5.74, 6) is 0.996. The van der Waals surface area contributed by atoms with E-state index in [2.05, 4.69) is 37.6 Å². The fraction of sp³-hybridized carbons (Fsp3) is 0.500. The summed E-state index contributed by atoms with van der Waals surface area (Å²) in [5.41, 5.74) is 3.62. The first-order valence-electron chi connectivity index (χ1n) is 6.20. The van der Waals surface area contributed by atoms with E-state index >= 15 is 0 Å². The highest BCUT2D eigenvalue weighted by atomic mass is 16.5. The van der Waals surface area contributed by atoms with Crippen molar-refractivity contribution in [1.82, 2.24) is 0 Å². The Hall–Kier alpha value is -1.51. The summed E-state index contributed by atoms with van der Waals surface area (Å²) in [7, 11) is 1.95. The van der Waals surface area contributed by atoms with Gasteiger partial charge in [-0.3, -0.25) is 0 Å². The number of nitrogens with zero attached hydrogens (tertiary/aromatic N) is 2. The molecule has 1 aromatic rings. The number of rotatable bonds is 3. The first kappa shape index (κ1) is 12.0. The second kappa shape index (κ2) is 4.78. The summed E-state index contributed by atoms with van der Waals surface area (Å²) in [5, 5.41) is 0. The van der Waals surface area contributed by atoms with Gasteiger partial charge in [-0.2, -0.15) is 0 Å². The molecule has 1 aliphatic heterocycles. The SMILES string of the molecule is C=[N+](C)c1cc(C)c2c(c1)OCCN2CCC. The molecule has 92 valence electrons. The van der Waals surface area contributed by atoms with Crippen molar-refractivity contribution in [1.29, 1.82) is 0 Å². The van der Waals surface area contributed by atoms with Crippen molar-refractivity contribution < 1.29 is 9.31 Å². The molecule has 0 saturated heterocycles. The maximum absolute atomic E-state index is 5.78. The van der Waals surface area contributed by atoms with Gasteiger partial charge >= 0.3 is 0 Å². The molecule has 3 heteroatoms. The molecule has 2 rings (SSSR count). The number of anilines is 1. The highest BCUT2D eigenvalue weighted by molar-refractivity contribution is 5.68. The topological polar surface area (TPSA) is 15.5 Å². The monoisotopic (exact) mass is 233 g/mol. The highest BCUT2D eigenvalue weighted by Crippen LogP contribution is 2.38. The summed E-state index contributed by atoms with van der Waals surface area (Å²) < 4.78 is 7.65. The van der Waals surface area contributed by atoms with Crippen molar-refractivity contribution in [2.45, 2.75) is 20.3 Å². The van der Waals surface area contributed by atoms with E-state index in [9.17, 15) is 0 Å². The Balaban J connectivity index is 2.45. The van der Waals surface area contributed by atoms with Gasteiger partial charge in [0.2, 0.25) is 5.69 Å². The minimum absolute atomic E-state index is 0.775. The summed E-state index contributed by atoms with van der Waals surface area (Å²) in [4.78, 5) is 2.42. The van der Waals surface area contributed by atoms with Gasteiger partial charge in [0, 0.05) is 12.6 Å². The zero-order chi connectivity index (χ0) is 12.4. The average Bonchev–Trinajstić information content (AvgIpc) is 2.29. The molecule has 0 N–H and O–H groups in total. The van der Waals surface area contributed by atoms with Crippen LogP contribution in [0, 0.1) is 6.92 Å². The zero-order valence-corrected chi connectivity index (χ0v) is 11.0. The van der Waals surface area contributed by atoms with Gasteiger partial charge in [0.1, 0.15) is 26.1 Å². The maximum atomic E-state index is 5.78. The van der Waals surface area contributed by atoms with E-state index in [1.54, 1.807) is 0 Å². The molecule has 3 nitrogen and oxygen atoms in total. The summed E-state index contributed by atoms with van der Waals surface area (Å²) in [6, 6.07) is 4.25. The lowest BCUT2D eigenvalue weighted by molar-refractivity contribution is -0.394. The van der Waals surface area contributed by atoms with Crippen molar-refractivity contribution >= 4 is 18.1 Å². The molecule has 1 aliphatic rings. The maximum Gasteiger partial charge on any atom is 0.208 e. The summed E-state index contributed by atoms with van der Waals surface area (Å²) >= 11 is 0. The molecule has 0 fully saturated rings. The third-order valence-corrected chi connectivity index (χ3v) is 3.12. The molecule has 1 aromatic carbocycles. The molecule has 0 atom stereocenters. The van der Waals surface area contributed by atoms with Crippen LogP contribution in [-0.4, -0.2) is 38.0 Å². The molecule has 17 heavy (non-hydrogen) atoms. The first-order chi connectivity index (χ1) is 8.13. The Bertz CT molecular complexity index is 440. The van der Waals surface area contributed by atoms with Crippen molar-refractivity contribution in [2.24, 2.45) is 0 Å². The minimum Gasteiger partial charge on any atom is -0.489 e. The van der Waals surface area contributed by atoms with E-state index < -0.39 is 0 Å². The summed E-state index contributed by atoms with van der Waals surface area (Å²) in [6.45, 7) is 11.1. The Kier molecular flexibility index (Phi) is 3.36. The second-order valence-electron chi connectivity index (χ2n) is 4.64. The lowest BCUT2D eigenvalue weighted by atomic mass is 10.1. The van der Waals surface area contributed by atoms with Crippen LogP contribution in [0.1, 0.15) is 18.9 Å². The third kappa shape index (κ3) is 2.28. The standard InChI is InChI=1S/C14H21N2O/c1-5-6-16-7-8-17-13-10-12(15(3)4)9-11(2)14(13)16/h9-10H,3,5-8H2,1-2,4H3/q+1. The van der Waals surface area contributed by atoms with Gasteiger partial charge in [0.25, 0.3) is 0 Å². The van der Waals surface area contributed by atoms with E-state index in [0.717, 1.165) is 37.6 Å². The van der Waals surface area contributed by atoms with Crippen molar-refractivity contribution in [3.63, 3.8) is 0 Å². The fourth-order valence-corrected chi connectivity index (χ4v) is 2.34. The van der Waals surface area contributed by atoms with E-state index in [-0.39, 0.29) is 0 Å². The first-order valence-corrected chi connectivity index (χ1v) is 6.20. The van der Waals surface area contributed by atoms with Crippen LogP contribution in [0.15, 0.2) is 12.1 Å². The van der Waals surface area contributed by atoms with Gasteiger partial charge in [0.15, 0.2) is 0 Å². The van der Waals surface area contributed by atoms with E-state index in [0.29, 0.717) is 0 Å². The normalized spacial score (nSPS) is 14.2. The fourth-order valence-electron chi connectivity index (χ4n) is 2.34. The van der Waals surface area contributed by atoms with E-state index in [4.69, 9.17) is 4.74 Å². The molecule has 0 amide bonds. The van der Waals surface area contributed by atoms with Gasteiger partial charge in [0.05, 0.1) is 18.3 Å². The molecule has 0 spiro atoms. The van der Waals surface area contributed by atoms with Crippen LogP contribution in [-0.2, 0) is 0 Å². The van der Waals surface area contributed by atoms with Gasteiger partial charge < -0.3 is 9.64 Å². The number of ether oxygens (including phenoxy) is 1. The Morgan fingerprint density at radius 1 is 1.47 bits per heavy atom. The molecule has 1 heterocycles. The highest BCUT2D eigenvalue weighted by Gasteiger charge is 2.22. The van der Waals surface area contributed by atoms with Crippen LogP contribution >= 0.6 is 0 Å². The van der Waals surface area contributed by atoms with Gasteiger partial charge in [-0.1, -0.05) is 6.92 Å². The van der Waals surface area contributed by atoms with Crippen LogP contribution in [0.5, 0.6) is 5.75 Å². The lowest BCUT2D eigenvalue weighted by Gasteiger charge is -2.32. The van der Waals surface area contributed by atoms with Gasteiger partial charge in [-0.25, -0.2) is 4.58 Å². The minimum atomic E-state index is 0.775. The number of aryl methyl sites for hydroxylation is 1. The molecule has 0 unspecified atom stereocenters. The second-order valence-corrected chi connectivity index (χ2v) is 4.64. The Labute approximate surface area is 103 Å². The van der Waals surface area contributed by atoms with Crippen LogP contribution in [0.25, 0.3) is 0 Å². The van der Waals surface area contributed by atoms with Crippen LogP contribution in [0.2, 0.25) is 0 Å². The van der Waals surface area contributed by atoms with Crippen molar-refractivity contribution in [3.8, 4) is 5.75 Å². The summed E-state index contributed by atoms with van der Waals surface area (Å²) in [6.07, 6.45) is 1.16. The third-order valence-electron chi connectivity index (χ3n) is 3.12. The molecule has 0 radical (unpaired) electrons. The zero-order valence-electron chi connectivity index (χ0n) is 11.0. The lowest BCUT2D eigenvalue weighted by Crippen LogP contribution is -2.33. The number of hydrogen-bond donors (Lipinski definition) is 0. The molecule has 0 aliphatic carbocycles. The van der Waals surface area contributed by atoms with Gasteiger partial charge in [-0.15, -0.1) is 0 Å². The Morgan fingerprint density at radius 2 is 2.24 bits per heavy atom. The largest absolute Gasteiger partial charge is 0.489 e. The van der Waals surface area contributed by atoms with Crippen LogP contribution < -0.4 is 9.64 Å². The molecular weight excluding hydrogens is 212 g/mol. The molecule has 0 aromatic heterocycles. The number of benzene rings is 1. The van der Waals surface area contributed by atoms with E-state index in [1.807, 2.05) is 11.6 Å². The average molecular weight is 233 g/mol. The van der Waals surface area contributed by atoms with Crippen LogP contribution in [0.4, 0.5) is 11.4 Å². The number of fused-ring (bicyclic) bond motifs is 1. The predicted octanol–water partition coefficient (Wildman–Crippen LogP) is 2.58.